The Kier molecular flexibility index (Phi) is 2.77. The van der Waals surface area contributed by atoms with Gasteiger partial charge in [0.2, 0.25) is 0 Å². The molecule has 0 atom stereocenters. The van der Waals surface area contributed by atoms with Crippen molar-refractivity contribution in [3.63, 3.8) is 0 Å². The van der Waals surface area contributed by atoms with Crippen LogP contribution in [0, 0.1) is 0 Å². The number of hydrogen-bond acceptors (Lipinski definition) is 0. The molecule has 0 saturated carbocycles. The molecule has 0 spiro atoms. The predicted octanol–water partition coefficient (Wildman–Crippen LogP) is 4.48. The number of aryl methyl sites for hydroxylation is 1. The molecule has 2 aliphatic rings. The van der Waals surface area contributed by atoms with E-state index in [1.54, 1.807) is 0 Å². The lowest BCUT2D eigenvalue weighted by molar-refractivity contribution is 0.868. The third-order valence-electron chi connectivity index (χ3n) is 3.07. The molecule has 0 amide bonds. The smallest absolute Gasteiger partial charge is 0.0152 e. The van der Waals surface area contributed by atoms with Crippen LogP contribution in [-0.4, -0.2) is 0 Å². The fraction of sp³-hybridized carbons (Fsp3) is 0.333. The SMILES string of the molecule is CCc1ccc2ccc(C(C)C)ccc1-2. The first-order chi connectivity index (χ1) is 7.22. The maximum Gasteiger partial charge on any atom is -0.0152 e. The minimum absolute atomic E-state index is 0.603. The van der Waals surface area contributed by atoms with Crippen LogP contribution in [0.2, 0.25) is 0 Å². The second-order valence-electron chi connectivity index (χ2n) is 4.40. The average molecular weight is 198 g/mol. The zero-order valence-corrected chi connectivity index (χ0v) is 9.75. The Morgan fingerprint density at radius 1 is 0.933 bits per heavy atom. The van der Waals surface area contributed by atoms with E-state index < -0.39 is 0 Å². The van der Waals surface area contributed by atoms with Gasteiger partial charge in [-0.25, -0.2) is 0 Å². The van der Waals surface area contributed by atoms with Gasteiger partial charge in [0.25, 0.3) is 0 Å². The van der Waals surface area contributed by atoms with Crippen LogP contribution >= 0.6 is 0 Å². The van der Waals surface area contributed by atoms with Gasteiger partial charge in [-0.3, -0.25) is 0 Å². The first-order valence-corrected chi connectivity index (χ1v) is 5.74. The van der Waals surface area contributed by atoms with Gasteiger partial charge >= 0.3 is 0 Å². The zero-order chi connectivity index (χ0) is 10.8. The Hall–Kier alpha value is -1.30. The molecule has 2 aliphatic carbocycles. The van der Waals surface area contributed by atoms with Crippen molar-refractivity contribution in [3.8, 4) is 11.1 Å². The normalized spacial score (nSPS) is 11.2. The zero-order valence-electron chi connectivity index (χ0n) is 9.75. The maximum absolute atomic E-state index is 2.27. The van der Waals surface area contributed by atoms with Crippen molar-refractivity contribution in [2.45, 2.75) is 33.1 Å². The van der Waals surface area contributed by atoms with Gasteiger partial charge in [-0.1, -0.05) is 57.2 Å². The second-order valence-corrected chi connectivity index (χ2v) is 4.40. The van der Waals surface area contributed by atoms with E-state index in [9.17, 15) is 0 Å². The topological polar surface area (TPSA) is 0 Å². The van der Waals surface area contributed by atoms with E-state index in [0.29, 0.717) is 5.92 Å². The molecule has 0 bridgehead atoms. The minimum Gasteiger partial charge on any atom is -0.0613 e. The monoisotopic (exact) mass is 198 g/mol. The van der Waals surface area contributed by atoms with Crippen LogP contribution in [0.15, 0.2) is 36.4 Å². The van der Waals surface area contributed by atoms with E-state index in [4.69, 9.17) is 0 Å². The van der Waals surface area contributed by atoms with E-state index in [2.05, 4.69) is 57.2 Å². The standard InChI is InChI=1S/C15H18/c1-4-12-5-7-14-8-6-13(11(2)3)9-10-15(12)14/h5-11H,4H2,1-3H3. The van der Waals surface area contributed by atoms with Crippen LogP contribution in [0.25, 0.3) is 11.1 Å². The highest BCUT2D eigenvalue weighted by Gasteiger charge is 2.06. The Balaban J connectivity index is 2.55. The van der Waals surface area contributed by atoms with Crippen molar-refractivity contribution in [2.24, 2.45) is 0 Å². The second kappa shape index (κ2) is 4.06. The molecule has 0 heteroatoms. The maximum atomic E-state index is 2.27. The molecule has 0 aromatic carbocycles. The molecular formula is C15H18. The fourth-order valence-corrected chi connectivity index (χ4v) is 2.02. The van der Waals surface area contributed by atoms with Crippen molar-refractivity contribution < 1.29 is 0 Å². The van der Waals surface area contributed by atoms with Crippen molar-refractivity contribution in [2.75, 3.05) is 0 Å². The highest BCUT2D eigenvalue weighted by molar-refractivity contribution is 5.70. The summed E-state index contributed by atoms with van der Waals surface area (Å²) in [5.74, 6) is 0.603. The summed E-state index contributed by atoms with van der Waals surface area (Å²) in [7, 11) is 0. The molecule has 0 aromatic rings. The molecule has 15 heavy (non-hydrogen) atoms. The summed E-state index contributed by atoms with van der Waals surface area (Å²) in [6.07, 6.45) is 1.12. The largest absolute Gasteiger partial charge is 0.0613 e. The van der Waals surface area contributed by atoms with Crippen LogP contribution in [0.1, 0.15) is 37.8 Å². The van der Waals surface area contributed by atoms with Crippen LogP contribution in [-0.2, 0) is 6.42 Å². The average Bonchev–Trinajstić information content (AvgIpc) is 2.48. The first kappa shape index (κ1) is 10.2. The lowest BCUT2D eigenvalue weighted by atomic mass is 10.1. The highest BCUT2D eigenvalue weighted by Crippen LogP contribution is 2.28. The Labute approximate surface area is 92.3 Å². The summed E-state index contributed by atoms with van der Waals surface area (Å²) >= 11 is 0. The lowest BCUT2D eigenvalue weighted by Crippen LogP contribution is -1.81. The van der Waals surface area contributed by atoms with E-state index in [0.717, 1.165) is 6.42 Å². The van der Waals surface area contributed by atoms with Gasteiger partial charge in [0.1, 0.15) is 0 Å². The minimum atomic E-state index is 0.603. The van der Waals surface area contributed by atoms with Crippen LogP contribution in [0.4, 0.5) is 0 Å². The molecular weight excluding hydrogens is 180 g/mol. The fourth-order valence-electron chi connectivity index (χ4n) is 2.02. The Morgan fingerprint density at radius 2 is 1.60 bits per heavy atom. The van der Waals surface area contributed by atoms with E-state index >= 15 is 0 Å². The summed E-state index contributed by atoms with van der Waals surface area (Å²) < 4.78 is 0. The number of hydrogen-bond donors (Lipinski definition) is 0. The molecule has 0 nitrogen and oxygen atoms in total. The molecule has 0 aromatic heterocycles. The van der Waals surface area contributed by atoms with E-state index in [1.807, 2.05) is 0 Å². The summed E-state index contributed by atoms with van der Waals surface area (Å²) in [6, 6.07) is 13.5. The summed E-state index contributed by atoms with van der Waals surface area (Å²) in [4.78, 5) is 0. The molecule has 0 fully saturated rings. The van der Waals surface area contributed by atoms with Gasteiger partial charge < -0.3 is 0 Å². The summed E-state index contributed by atoms with van der Waals surface area (Å²) in [5.41, 5.74) is 5.63. The molecule has 0 radical (unpaired) electrons. The first-order valence-electron chi connectivity index (χ1n) is 5.74. The predicted molar refractivity (Wildman–Crippen MR) is 66.5 cm³/mol. The Morgan fingerprint density at radius 3 is 2.27 bits per heavy atom. The lowest BCUT2D eigenvalue weighted by Gasteiger charge is -1.99. The van der Waals surface area contributed by atoms with Crippen LogP contribution in [0.5, 0.6) is 0 Å². The van der Waals surface area contributed by atoms with Gasteiger partial charge in [0.05, 0.1) is 0 Å². The van der Waals surface area contributed by atoms with Crippen molar-refractivity contribution >= 4 is 0 Å². The van der Waals surface area contributed by atoms with Crippen molar-refractivity contribution in [1.29, 1.82) is 0 Å². The Bertz CT molecular complexity index is 426. The van der Waals surface area contributed by atoms with Gasteiger partial charge in [-0.2, -0.15) is 0 Å². The number of rotatable bonds is 2. The third-order valence-corrected chi connectivity index (χ3v) is 3.07. The van der Waals surface area contributed by atoms with Crippen molar-refractivity contribution in [3.05, 3.63) is 47.5 Å². The molecule has 0 aliphatic heterocycles. The molecule has 0 heterocycles. The molecule has 0 unspecified atom stereocenters. The van der Waals surface area contributed by atoms with Gasteiger partial charge in [-0.05, 0) is 34.6 Å². The quantitative estimate of drug-likeness (QED) is 0.667. The molecule has 0 N–H and O–H groups in total. The van der Waals surface area contributed by atoms with Gasteiger partial charge in [0, 0.05) is 0 Å². The number of fused-ring (bicyclic) bond motifs is 1. The summed E-state index contributed by atoms with van der Waals surface area (Å²) in [6.45, 7) is 6.69. The van der Waals surface area contributed by atoms with Crippen LogP contribution < -0.4 is 0 Å². The molecule has 2 rings (SSSR count). The van der Waals surface area contributed by atoms with Gasteiger partial charge in [-0.15, -0.1) is 0 Å². The third kappa shape index (κ3) is 1.90. The van der Waals surface area contributed by atoms with Gasteiger partial charge in [0.15, 0.2) is 0 Å². The molecule has 0 saturated heterocycles. The van der Waals surface area contributed by atoms with E-state index in [1.165, 1.54) is 22.3 Å². The van der Waals surface area contributed by atoms with Crippen molar-refractivity contribution in [1.82, 2.24) is 0 Å². The van der Waals surface area contributed by atoms with Crippen LogP contribution in [0.3, 0.4) is 0 Å². The molecule has 78 valence electrons. The summed E-state index contributed by atoms with van der Waals surface area (Å²) in [5, 5.41) is 0. The highest BCUT2D eigenvalue weighted by atomic mass is 14.1. The van der Waals surface area contributed by atoms with E-state index in [-0.39, 0.29) is 0 Å².